The fraction of sp³-hybridized carbons (Fsp3) is 0.581. The van der Waals surface area contributed by atoms with Gasteiger partial charge in [-0.3, -0.25) is 4.57 Å². The van der Waals surface area contributed by atoms with Crippen LogP contribution in [0.15, 0.2) is 53.4 Å². The van der Waals surface area contributed by atoms with E-state index < -0.39 is 35.4 Å². The average Bonchev–Trinajstić information content (AvgIpc) is 2.93. The monoisotopic (exact) mass is 655 g/mol. The summed E-state index contributed by atoms with van der Waals surface area (Å²) in [6.07, 6.45) is -0.0968. The molecule has 0 saturated heterocycles. The van der Waals surface area contributed by atoms with Crippen LogP contribution >= 0.6 is 7.60 Å². The Hall–Kier alpha value is -2.63. The van der Waals surface area contributed by atoms with Crippen molar-refractivity contribution in [2.75, 3.05) is 45.3 Å². The summed E-state index contributed by atoms with van der Waals surface area (Å²) in [7, 11) is -5.51. The summed E-state index contributed by atoms with van der Waals surface area (Å²) in [6.45, 7) is 14.2. The molecule has 248 valence electrons. The van der Waals surface area contributed by atoms with Crippen molar-refractivity contribution in [1.82, 2.24) is 9.62 Å². The predicted octanol–water partition coefficient (Wildman–Crippen LogP) is 6.50. The first-order valence-corrected chi connectivity index (χ1v) is 18.1. The molecule has 1 atom stereocenters. The number of alkyl carbamates (subject to hydrolysis) is 1. The molecule has 13 heteroatoms. The number of benzene rings is 2. The largest absolute Gasteiger partial charge is 0.497 e. The van der Waals surface area contributed by atoms with Crippen molar-refractivity contribution < 1.29 is 36.3 Å². The highest BCUT2D eigenvalue weighted by molar-refractivity contribution is 7.89. The van der Waals surface area contributed by atoms with Crippen molar-refractivity contribution in [3.05, 3.63) is 54.1 Å². The molecule has 0 aliphatic rings. The van der Waals surface area contributed by atoms with Crippen LogP contribution in [-0.4, -0.2) is 70.4 Å². The highest BCUT2D eigenvalue weighted by atomic mass is 32.2. The lowest BCUT2D eigenvalue weighted by molar-refractivity contribution is 0.0503. The first-order valence-electron chi connectivity index (χ1n) is 15.0. The molecule has 0 radical (unpaired) electrons. The van der Waals surface area contributed by atoms with Crippen LogP contribution in [0, 0.1) is 5.92 Å². The Morgan fingerprint density at radius 3 is 2.07 bits per heavy atom. The molecule has 2 aromatic carbocycles. The normalized spacial score (nSPS) is 13.1. The van der Waals surface area contributed by atoms with Crippen molar-refractivity contribution in [2.45, 2.75) is 77.6 Å². The Morgan fingerprint density at radius 1 is 0.977 bits per heavy atom. The lowest BCUT2D eigenvalue weighted by Crippen LogP contribution is -2.45. The van der Waals surface area contributed by atoms with Crippen LogP contribution in [0.5, 0.6) is 5.75 Å². The van der Waals surface area contributed by atoms with E-state index in [-0.39, 0.29) is 23.5 Å². The second-order valence-electron chi connectivity index (χ2n) is 11.7. The van der Waals surface area contributed by atoms with Gasteiger partial charge in [-0.15, -0.1) is 0 Å². The first-order chi connectivity index (χ1) is 20.6. The van der Waals surface area contributed by atoms with Gasteiger partial charge in [-0.05, 0) is 88.9 Å². The fourth-order valence-electron chi connectivity index (χ4n) is 4.33. The Balaban J connectivity index is 2.20. The lowest BCUT2D eigenvalue weighted by Gasteiger charge is -2.28. The van der Waals surface area contributed by atoms with E-state index in [9.17, 15) is 17.8 Å². The molecule has 11 nitrogen and oxygen atoms in total. The number of sulfonamides is 1. The van der Waals surface area contributed by atoms with E-state index in [0.717, 1.165) is 11.3 Å². The minimum absolute atomic E-state index is 0.0812. The van der Waals surface area contributed by atoms with Gasteiger partial charge in [0.1, 0.15) is 11.4 Å². The van der Waals surface area contributed by atoms with Gasteiger partial charge in [0.15, 0.2) is 0 Å². The van der Waals surface area contributed by atoms with Gasteiger partial charge in [0.25, 0.3) is 0 Å². The number of carbonyl (C=O) groups excluding carboxylic acids is 1. The summed E-state index contributed by atoms with van der Waals surface area (Å²) in [5, 5.41) is 6.21. The van der Waals surface area contributed by atoms with E-state index in [1.807, 2.05) is 38.1 Å². The van der Waals surface area contributed by atoms with Gasteiger partial charge in [-0.2, -0.15) is 4.31 Å². The van der Waals surface area contributed by atoms with Crippen LogP contribution in [0.1, 0.15) is 60.5 Å². The number of methoxy groups -OCH3 is 1. The molecule has 0 saturated carbocycles. The number of amides is 1. The molecule has 0 unspecified atom stereocenters. The molecular formula is C31H50N3O8PS. The van der Waals surface area contributed by atoms with Crippen molar-refractivity contribution in [3.8, 4) is 5.75 Å². The Bertz CT molecular complexity index is 1300. The Morgan fingerprint density at radius 2 is 1.57 bits per heavy atom. The molecule has 1 amide bonds. The topological polar surface area (TPSA) is 133 Å². The summed E-state index contributed by atoms with van der Waals surface area (Å²) in [4.78, 5) is 12.9. The van der Waals surface area contributed by atoms with Crippen molar-refractivity contribution in [3.63, 3.8) is 0 Å². The smallest absolute Gasteiger partial charge is 0.407 e. The van der Waals surface area contributed by atoms with Gasteiger partial charge < -0.3 is 29.2 Å². The standard InChI is InChI=1S/C31H50N3O8PS/c1-9-40-43(36,41-10-2)23-25-11-13-26(14-12-25)32-21-27(33-30(35)42-31(5,6)7)19-20-34(22-24(3)4)44(37,38)29-17-15-28(39-8)16-18-29/h11-18,24,27,32H,9-10,19-23H2,1-8H3,(H,33,35)/t27-/m1/s1. The van der Waals surface area contributed by atoms with Crippen LogP contribution in [0.3, 0.4) is 0 Å². The zero-order valence-electron chi connectivity index (χ0n) is 27.3. The van der Waals surface area contributed by atoms with Gasteiger partial charge in [0, 0.05) is 25.3 Å². The van der Waals surface area contributed by atoms with Gasteiger partial charge in [0.2, 0.25) is 10.0 Å². The van der Waals surface area contributed by atoms with Gasteiger partial charge in [-0.25, -0.2) is 13.2 Å². The summed E-state index contributed by atoms with van der Waals surface area (Å²) < 4.78 is 63.0. The van der Waals surface area contributed by atoms with Crippen molar-refractivity contribution in [2.24, 2.45) is 5.92 Å². The predicted molar refractivity (Wildman–Crippen MR) is 174 cm³/mol. The molecular weight excluding hydrogens is 605 g/mol. The number of carbonyl (C=O) groups is 1. The maximum Gasteiger partial charge on any atom is 0.407 e. The number of nitrogens with zero attached hydrogens (tertiary/aromatic N) is 1. The molecule has 0 aliphatic heterocycles. The minimum atomic E-state index is -3.80. The third-order valence-corrected chi connectivity index (χ3v) is 10.2. The van der Waals surface area contributed by atoms with E-state index in [1.165, 1.54) is 23.5 Å². The number of hydrogen-bond acceptors (Lipinski definition) is 9. The fourth-order valence-corrected chi connectivity index (χ4v) is 7.65. The van der Waals surface area contributed by atoms with Crippen molar-refractivity contribution in [1.29, 1.82) is 0 Å². The lowest BCUT2D eigenvalue weighted by atomic mass is 10.1. The highest BCUT2D eigenvalue weighted by Gasteiger charge is 2.28. The quantitative estimate of drug-likeness (QED) is 0.173. The molecule has 0 aliphatic carbocycles. The molecule has 2 aromatic rings. The van der Waals surface area contributed by atoms with Crippen LogP contribution < -0.4 is 15.4 Å². The zero-order valence-corrected chi connectivity index (χ0v) is 29.0. The average molecular weight is 656 g/mol. The van der Waals surface area contributed by atoms with E-state index in [2.05, 4.69) is 10.6 Å². The third kappa shape index (κ3) is 12.8. The van der Waals surface area contributed by atoms with E-state index in [0.29, 0.717) is 38.5 Å². The minimum Gasteiger partial charge on any atom is -0.497 e. The third-order valence-electron chi connectivity index (χ3n) is 6.25. The molecule has 0 bridgehead atoms. The summed E-state index contributed by atoms with van der Waals surface area (Å²) >= 11 is 0. The summed E-state index contributed by atoms with van der Waals surface area (Å²) in [6, 6.07) is 13.2. The molecule has 0 heterocycles. The first kappa shape index (κ1) is 37.6. The molecule has 2 N–H and O–H groups in total. The molecule has 2 rings (SSSR count). The number of hydrogen-bond donors (Lipinski definition) is 2. The molecule has 0 aromatic heterocycles. The van der Waals surface area contributed by atoms with Crippen LogP contribution in [-0.2, 0) is 34.5 Å². The molecule has 44 heavy (non-hydrogen) atoms. The molecule has 0 spiro atoms. The van der Waals surface area contributed by atoms with E-state index >= 15 is 0 Å². The number of rotatable bonds is 18. The maximum absolute atomic E-state index is 13.6. The molecule has 0 fully saturated rings. The Labute approximate surface area is 263 Å². The number of ether oxygens (including phenoxy) is 2. The zero-order chi connectivity index (χ0) is 33.0. The second kappa shape index (κ2) is 17.2. The van der Waals surface area contributed by atoms with Gasteiger partial charge >= 0.3 is 13.7 Å². The highest BCUT2D eigenvalue weighted by Crippen LogP contribution is 2.51. The van der Waals surface area contributed by atoms with Crippen LogP contribution in [0.25, 0.3) is 0 Å². The van der Waals surface area contributed by atoms with Gasteiger partial charge in [-0.1, -0.05) is 26.0 Å². The SMILES string of the molecule is CCOP(=O)(Cc1ccc(NC[C@@H](CCN(CC(C)C)S(=O)(=O)c2ccc(OC)cc2)NC(=O)OC(C)(C)C)cc1)OCC. The van der Waals surface area contributed by atoms with E-state index in [1.54, 1.807) is 46.8 Å². The van der Waals surface area contributed by atoms with E-state index in [4.69, 9.17) is 18.5 Å². The van der Waals surface area contributed by atoms with Crippen LogP contribution in [0.2, 0.25) is 0 Å². The summed E-state index contributed by atoms with van der Waals surface area (Å²) in [5.74, 6) is 0.648. The van der Waals surface area contributed by atoms with Crippen LogP contribution in [0.4, 0.5) is 10.5 Å². The van der Waals surface area contributed by atoms with Gasteiger partial charge in [0.05, 0.1) is 37.4 Å². The van der Waals surface area contributed by atoms with Crippen molar-refractivity contribution >= 4 is 29.4 Å². The number of anilines is 1. The summed E-state index contributed by atoms with van der Waals surface area (Å²) in [5.41, 5.74) is 0.886. The number of nitrogens with one attached hydrogen (secondary N) is 2. The maximum atomic E-state index is 13.6. The Kier molecular flexibility index (Phi) is 14.7. The second-order valence-corrected chi connectivity index (χ2v) is 15.7.